The molecule has 0 radical (unpaired) electrons. The summed E-state index contributed by atoms with van der Waals surface area (Å²) >= 11 is 0.879. The minimum absolute atomic E-state index is 0.0458. The van der Waals surface area contributed by atoms with E-state index in [0.717, 1.165) is 11.5 Å². The maximum atomic E-state index is 14.8. The number of sulfonamides is 1. The third-order valence-corrected chi connectivity index (χ3v) is 6.74. The fourth-order valence-electron chi connectivity index (χ4n) is 3.03. The Balaban J connectivity index is 1.69. The summed E-state index contributed by atoms with van der Waals surface area (Å²) in [5.41, 5.74) is 0.143. The Hall–Kier alpha value is -3.82. The minimum Gasteiger partial charge on any atom is -0.455 e. The molecule has 0 atom stereocenters. The molecule has 0 amide bonds. The molecule has 1 N–H and O–H groups in total. The number of rotatable bonds is 6. The molecule has 0 aliphatic heterocycles. The molecule has 9 nitrogen and oxygen atoms in total. The van der Waals surface area contributed by atoms with Crippen LogP contribution in [0.4, 0.5) is 9.52 Å². The highest BCUT2D eigenvalue weighted by molar-refractivity contribution is 7.93. The zero-order chi connectivity index (χ0) is 24.5. The number of hydrogen-bond donors (Lipinski definition) is 1. The Kier molecular flexibility index (Phi) is 6.07. The van der Waals surface area contributed by atoms with Gasteiger partial charge in [-0.15, -0.1) is 0 Å². The van der Waals surface area contributed by atoms with Crippen LogP contribution in [0.2, 0.25) is 0 Å². The summed E-state index contributed by atoms with van der Waals surface area (Å²) < 4.78 is 53.7. The highest BCUT2D eigenvalue weighted by atomic mass is 32.2. The second-order valence-corrected chi connectivity index (χ2v) is 10.6. The number of benzene rings is 2. The third kappa shape index (κ3) is 4.75. The van der Waals surface area contributed by atoms with Gasteiger partial charge in [0.2, 0.25) is 5.13 Å². The quantitative estimate of drug-likeness (QED) is 0.406. The molecular formula is C22H19FN6O3S2. The van der Waals surface area contributed by atoms with Gasteiger partial charge in [-0.25, -0.2) is 17.8 Å². The molecule has 2 heterocycles. The summed E-state index contributed by atoms with van der Waals surface area (Å²) in [6, 6.07) is 11.7. The molecule has 0 aliphatic carbocycles. The molecule has 0 unspecified atom stereocenters. The van der Waals surface area contributed by atoms with E-state index < -0.39 is 15.8 Å². The van der Waals surface area contributed by atoms with Crippen molar-refractivity contribution in [3.63, 3.8) is 0 Å². The van der Waals surface area contributed by atoms with Crippen molar-refractivity contribution in [3.8, 4) is 28.8 Å². The van der Waals surface area contributed by atoms with Gasteiger partial charge in [0.25, 0.3) is 10.0 Å². The number of hydrogen-bond acceptors (Lipinski definition) is 8. The Morgan fingerprint density at radius 3 is 2.62 bits per heavy atom. The van der Waals surface area contributed by atoms with Crippen LogP contribution in [0.15, 0.2) is 59.9 Å². The first-order valence-corrected chi connectivity index (χ1v) is 12.2. The highest BCUT2D eigenvalue weighted by Gasteiger charge is 2.22. The van der Waals surface area contributed by atoms with E-state index in [1.165, 1.54) is 36.7 Å². The van der Waals surface area contributed by atoms with E-state index in [1.807, 2.05) is 26.8 Å². The van der Waals surface area contributed by atoms with Gasteiger partial charge in [-0.3, -0.25) is 9.40 Å². The van der Waals surface area contributed by atoms with Crippen LogP contribution in [-0.2, 0) is 15.6 Å². The standard InChI is InChI=1S/C22H19FN6O3S2/c1-22(2,3)29-10-9-17(27-29)20-16(23)5-4-6-19(20)32-18-8-7-15(11-14(18)12-24)34(30,31)28-21-25-13-26-33-21/h4-11,13H,1-3H3,(H,25,26,28). The van der Waals surface area contributed by atoms with E-state index in [-0.39, 0.29) is 38.2 Å². The summed E-state index contributed by atoms with van der Waals surface area (Å²) in [4.78, 5) is 3.63. The number of nitrogens with zero attached hydrogens (tertiary/aromatic N) is 5. The van der Waals surface area contributed by atoms with Crippen molar-refractivity contribution in [2.75, 3.05) is 4.72 Å². The van der Waals surface area contributed by atoms with Gasteiger partial charge in [-0.05, 0) is 57.2 Å². The van der Waals surface area contributed by atoms with Gasteiger partial charge < -0.3 is 4.74 Å². The van der Waals surface area contributed by atoms with Crippen LogP contribution in [0, 0.1) is 17.1 Å². The summed E-state index contributed by atoms with van der Waals surface area (Å²) in [5, 5.41) is 14.2. The predicted molar refractivity (Wildman–Crippen MR) is 125 cm³/mol. The van der Waals surface area contributed by atoms with Crippen LogP contribution in [0.25, 0.3) is 11.3 Å². The van der Waals surface area contributed by atoms with Crippen LogP contribution in [0.1, 0.15) is 26.3 Å². The second kappa shape index (κ2) is 8.85. The number of anilines is 1. The van der Waals surface area contributed by atoms with Crippen molar-refractivity contribution in [1.82, 2.24) is 19.1 Å². The van der Waals surface area contributed by atoms with Gasteiger partial charge >= 0.3 is 0 Å². The lowest BCUT2D eigenvalue weighted by molar-refractivity contribution is 0.356. The Morgan fingerprint density at radius 1 is 1.18 bits per heavy atom. The van der Waals surface area contributed by atoms with E-state index in [4.69, 9.17) is 4.74 Å². The van der Waals surface area contributed by atoms with Crippen molar-refractivity contribution in [2.24, 2.45) is 0 Å². The first-order valence-electron chi connectivity index (χ1n) is 9.95. The summed E-state index contributed by atoms with van der Waals surface area (Å²) in [6.07, 6.45) is 2.97. The lowest BCUT2D eigenvalue weighted by Gasteiger charge is -2.19. The van der Waals surface area contributed by atoms with Crippen molar-refractivity contribution >= 4 is 26.7 Å². The predicted octanol–water partition coefficient (Wildman–Crippen LogP) is 4.76. The molecule has 2 aromatic carbocycles. The van der Waals surface area contributed by atoms with E-state index >= 15 is 0 Å². The van der Waals surface area contributed by atoms with Crippen LogP contribution in [0.3, 0.4) is 0 Å². The van der Waals surface area contributed by atoms with Gasteiger partial charge in [0.05, 0.1) is 27.3 Å². The first kappa shape index (κ1) is 23.3. The van der Waals surface area contributed by atoms with Crippen LogP contribution in [-0.4, -0.2) is 27.6 Å². The number of halogens is 1. The van der Waals surface area contributed by atoms with Crippen molar-refractivity contribution in [2.45, 2.75) is 31.2 Å². The number of nitriles is 1. The van der Waals surface area contributed by atoms with Crippen molar-refractivity contribution in [1.29, 1.82) is 5.26 Å². The molecular weight excluding hydrogens is 479 g/mol. The van der Waals surface area contributed by atoms with Crippen molar-refractivity contribution < 1.29 is 17.5 Å². The zero-order valence-electron chi connectivity index (χ0n) is 18.4. The highest BCUT2D eigenvalue weighted by Crippen LogP contribution is 2.36. The average molecular weight is 499 g/mol. The van der Waals surface area contributed by atoms with E-state index in [1.54, 1.807) is 23.0 Å². The van der Waals surface area contributed by atoms with E-state index in [2.05, 4.69) is 19.2 Å². The molecule has 0 aliphatic rings. The molecule has 0 saturated carbocycles. The Bertz CT molecular complexity index is 1490. The van der Waals surface area contributed by atoms with Gasteiger partial charge in [-0.2, -0.15) is 14.7 Å². The Morgan fingerprint density at radius 2 is 1.97 bits per heavy atom. The zero-order valence-corrected chi connectivity index (χ0v) is 20.0. The molecule has 2 aromatic heterocycles. The summed E-state index contributed by atoms with van der Waals surface area (Å²) in [6.45, 7) is 5.91. The number of nitrogens with one attached hydrogen (secondary N) is 1. The van der Waals surface area contributed by atoms with Crippen LogP contribution >= 0.6 is 11.5 Å². The van der Waals surface area contributed by atoms with Gasteiger partial charge in [0.1, 0.15) is 29.7 Å². The largest absolute Gasteiger partial charge is 0.455 e. The molecule has 0 fully saturated rings. The molecule has 174 valence electrons. The smallest absolute Gasteiger partial charge is 0.263 e. The molecule has 34 heavy (non-hydrogen) atoms. The van der Waals surface area contributed by atoms with Gasteiger partial charge in [0.15, 0.2) is 0 Å². The monoisotopic (exact) mass is 498 g/mol. The number of ether oxygens (including phenoxy) is 1. The van der Waals surface area contributed by atoms with E-state index in [0.29, 0.717) is 5.69 Å². The lowest BCUT2D eigenvalue weighted by atomic mass is 10.1. The SMILES string of the molecule is CC(C)(C)n1ccc(-c2c(F)cccc2Oc2ccc(S(=O)(=O)Nc3ncns3)cc2C#N)n1. The molecule has 0 bridgehead atoms. The molecule has 4 rings (SSSR count). The molecule has 0 spiro atoms. The first-order chi connectivity index (χ1) is 16.1. The van der Waals surface area contributed by atoms with Crippen LogP contribution < -0.4 is 9.46 Å². The van der Waals surface area contributed by atoms with Crippen LogP contribution in [0.5, 0.6) is 11.5 Å². The fraction of sp³-hybridized carbons (Fsp3) is 0.182. The second-order valence-electron chi connectivity index (χ2n) is 8.15. The molecule has 0 saturated heterocycles. The van der Waals surface area contributed by atoms with Crippen molar-refractivity contribution in [3.05, 3.63) is 66.4 Å². The lowest BCUT2D eigenvalue weighted by Crippen LogP contribution is -2.22. The average Bonchev–Trinajstić information content (AvgIpc) is 3.46. The van der Waals surface area contributed by atoms with Gasteiger partial charge in [0, 0.05) is 17.7 Å². The number of aromatic nitrogens is 4. The fourth-order valence-corrected chi connectivity index (χ4v) is 4.72. The maximum Gasteiger partial charge on any atom is 0.263 e. The summed E-state index contributed by atoms with van der Waals surface area (Å²) in [7, 11) is -4.00. The maximum absolute atomic E-state index is 14.8. The topological polar surface area (TPSA) is 123 Å². The molecule has 12 heteroatoms. The molecule has 4 aromatic rings. The Labute approximate surface area is 199 Å². The minimum atomic E-state index is -4.00. The normalized spacial score (nSPS) is 11.7. The summed E-state index contributed by atoms with van der Waals surface area (Å²) in [5.74, 6) is -0.339. The third-order valence-electron chi connectivity index (χ3n) is 4.69. The van der Waals surface area contributed by atoms with E-state index in [9.17, 15) is 18.1 Å². The van der Waals surface area contributed by atoms with Gasteiger partial charge in [-0.1, -0.05) is 6.07 Å².